The Bertz CT molecular complexity index is 354. The molecule has 1 saturated heterocycles. The van der Waals surface area contributed by atoms with Gasteiger partial charge in [-0.2, -0.15) is 0 Å². The van der Waals surface area contributed by atoms with Crippen molar-refractivity contribution in [1.82, 2.24) is 5.32 Å². The van der Waals surface area contributed by atoms with Crippen LogP contribution in [0.25, 0.3) is 0 Å². The molecule has 1 aromatic rings. The Labute approximate surface area is 97.1 Å². The summed E-state index contributed by atoms with van der Waals surface area (Å²) < 4.78 is 13.5. The van der Waals surface area contributed by atoms with Gasteiger partial charge in [0.25, 0.3) is 0 Å². The van der Waals surface area contributed by atoms with E-state index >= 15 is 0 Å². The third-order valence-corrected chi connectivity index (χ3v) is 3.42. The van der Waals surface area contributed by atoms with E-state index in [2.05, 4.69) is 25.2 Å². The van der Waals surface area contributed by atoms with Crippen LogP contribution in [0.1, 0.15) is 49.7 Å². The quantitative estimate of drug-likeness (QED) is 0.807. The Morgan fingerprint density at radius 1 is 1.19 bits per heavy atom. The second-order valence-corrected chi connectivity index (χ2v) is 5.00. The third-order valence-electron chi connectivity index (χ3n) is 3.42. The number of hydrogen-bond acceptors (Lipinski definition) is 1. The lowest BCUT2D eigenvalue weighted by Crippen LogP contribution is -2.26. The van der Waals surface area contributed by atoms with Crippen LogP contribution in [0, 0.1) is 5.82 Å². The molecule has 0 spiro atoms. The number of rotatable bonds is 2. The average molecular weight is 221 g/mol. The average Bonchev–Trinajstić information content (AvgIpc) is 2.29. The van der Waals surface area contributed by atoms with Crippen molar-refractivity contribution < 1.29 is 4.39 Å². The maximum atomic E-state index is 13.5. The van der Waals surface area contributed by atoms with Gasteiger partial charge in [-0.3, -0.25) is 0 Å². The van der Waals surface area contributed by atoms with E-state index in [1.165, 1.54) is 5.56 Å². The molecule has 0 atom stereocenters. The number of halogens is 1. The molecule has 0 saturated carbocycles. The van der Waals surface area contributed by atoms with E-state index < -0.39 is 0 Å². The fourth-order valence-corrected chi connectivity index (χ4v) is 2.36. The summed E-state index contributed by atoms with van der Waals surface area (Å²) in [5, 5.41) is 3.34. The molecule has 2 heteroatoms. The highest BCUT2D eigenvalue weighted by Crippen LogP contribution is 2.28. The molecule has 2 rings (SSSR count). The van der Waals surface area contributed by atoms with Crippen molar-refractivity contribution in [3.63, 3.8) is 0 Å². The Balaban J connectivity index is 2.25. The molecule has 0 bridgehead atoms. The summed E-state index contributed by atoms with van der Waals surface area (Å²) in [6.07, 6.45) is 2.25. The summed E-state index contributed by atoms with van der Waals surface area (Å²) in [5.74, 6) is 0.852. The van der Waals surface area contributed by atoms with E-state index in [0.717, 1.165) is 31.5 Å². The van der Waals surface area contributed by atoms with E-state index in [4.69, 9.17) is 0 Å². The Morgan fingerprint density at radius 3 is 2.50 bits per heavy atom. The third kappa shape index (κ3) is 2.62. The first-order valence-electron chi connectivity index (χ1n) is 6.18. The lowest BCUT2D eigenvalue weighted by molar-refractivity contribution is 0.458. The molecule has 1 aliphatic rings. The molecule has 0 unspecified atom stereocenters. The van der Waals surface area contributed by atoms with Gasteiger partial charge < -0.3 is 5.32 Å². The first-order chi connectivity index (χ1) is 7.66. The topological polar surface area (TPSA) is 12.0 Å². The van der Waals surface area contributed by atoms with E-state index in [-0.39, 0.29) is 5.82 Å². The number of benzene rings is 1. The predicted octanol–water partition coefficient (Wildman–Crippen LogP) is 3.42. The maximum absolute atomic E-state index is 13.5. The highest BCUT2D eigenvalue weighted by Gasteiger charge is 2.16. The van der Waals surface area contributed by atoms with Gasteiger partial charge in [0.1, 0.15) is 5.82 Å². The van der Waals surface area contributed by atoms with Crippen molar-refractivity contribution in [2.75, 3.05) is 13.1 Å². The molecular weight excluding hydrogens is 201 g/mol. The number of nitrogens with one attached hydrogen (secondary N) is 1. The zero-order valence-corrected chi connectivity index (χ0v) is 10.1. The normalized spacial score (nSPS) is 18.0. The van der Waals surface area contributed by atoms with Gasteiger partial charge in [-0.05, 0) is 61.0 Å². The van der Waals surface area contributed by atoms with E-state index in [0.29, 0.717) is 11.8 Å². The van der Waals surface area contributed by atoms with Crippen LogP contribution < -0.4 is 5.32 Å². The first kappa shape index (κ1) is 11.6. The summed E-state index contributed by atoms with van der Waals surface area (Å²) >= 11 is 0. The summed E-state index contributed by atoms with van der Waals surface area (Å²) in [6, 6.07) is 5.56. The number of hydrogen-bond donors (Lipinski definition) is 1. The SMILES string of the molecule is CC(C)c1cc(F)cc(C2CCNCC2)c1. The Kier molecular flexibility index (Phi) is 3.59. The summed E-state index contributed by atoms with van der Waals surface area (Å²) in [7, 11) is 0. The van der Waals surface area contributed by atoms with Crippen LogP contribution in [0.5, 0.6) is 0 Å². The monoisotopic (exact) mass is 221 g/mol. The van der Waals surface area contributed by atoms with Crippen molar-refractivity contribution in [1.29, 1.82) is 0 Å². The number of piperidine rings is 1. The van der Waals surface area contributed by atoms with Crippen molar-refractivity contribution >= 4 is 0 Å². The highest BCUT2D eigenvalue weighted by atomic mass is 19.1. The standard InChI is InChI=1S/C14H20FN/c1-10(2)12-7-13(9-14(15)8-12)11-3-5-16-6-4-11/h7-11,16H,3-6H2,1-2H3. The van der Waals surface area contributed by atoms with E-state index in [1.54, 1.807) is 12.1 Å². The molecule has 1 aromatic carbocycles. The van der Waals surface area contributed by atoms with Crippen LogP contribution in [0.3, 0.4) is 0 Å². The van der Waals surface area contributed by atoms with Gasteiger partial charge >= 0.3 is 0 Å². The van der Waals surface area contributed by atoms with Gasteiger partial charge in [-0.25, -0.2) is 4.39 Å². The van der Waals surface area contributed by atoms with Crippen molar-refractivity contribution in [3.8, 4) is 0 Å². The zero-order valence-electron chi connectivity index (χ0n) is 10.1. The lowest BCUT2D eigenvalue weighted by atomic mass is 9.88. The second-order valence-electron chi connectivity index (χ2n) is 5.00. The van der Waals surface area contributed by atoms with Gasteiger partial charge in [-0.15, -0.1) is 0 Å². The molecule has 0 radical (unpaired) electrons. The summed E-state index contributed by atoms with van der Waals surface area (Å²) in [6.45, 7) is 6.33. The van der Waals surface area contributed by atoms with E-state index in [1.807, 2.05) is 0 Å². The fourth-order valence-electron chi connectivity index (χ4n) is 2.36. The molecule has 1 aliphatic heterocycles. The molecule has 1 nitrogen and oxygen atoms in total. The lowest BCUT2D eigenvalue weighted by Gasteiger charge is -2.24. The molecule has 88 valence electrons. The zero-order chi connectivity index (χ0) is 11.5. The van der Waals surface area contributed by atoms with Crippen LogP contribution in [0.15, 0.2) is 18.2 Å². The predicted molar refractivity (Wildman–Crippen MR) is 65.3 cm³/mol. The smallest absolute Gasteiger partial charge is 0.123 e. The minimum atomic E-state index is -0.0836. The van der Waals surface area contributed by atoms with Crippen LogP contribution in [-0.4, -0.2) is 13.1 Å². The van der Waals surface area contributed by atoms with Crippen molar-refractivity contribution in [3.05, 3.63) is 35.1 Å². The highest BCUT2D eigenvalue weighted by molar-refractivity contribution is 5.29. The van der Waals surface area contributed by atoms with Crippen LogP contribution >= 0.6 is 0 Å². The summed E-state index contributed by atoms with van der Waals surface area (Å²) in [5.41, 5.74) is 2.30. The van der Waals surface area contributed by atoms with Gasteiger partial charge in [-0.1, -0.05) is 19.9 Å². The summed E-state index contributed by atoms with van der Waals surface area (Å²) in [4.78, 5) is 0. The van der Waals surface area contributed by atoms with Crippen LogP contribution in [0.2, 0.25) is 0 Å². The molecule has 16 heavy (non-hydrogen) atoms. The molecule has 1 heterocycles. The van der Waals surface area contributed by atoms with Gasteiger partial charge in [0.05, 0.1) is 0 Å². The minimum absolute atomic E-state index is 0.0836. The second kappa shape index (κ2) is 4.96. The maximum Gasteiger partial charge on any atom is 0.123 e. The molecule has 0 amide bonds. The van der Waals surface area contributed by atoms with E-state index in [9.17, 15) is 4.39 Å². The first-order valence-corrected chi connectivity index (χ1v) is 6.18. The van der Waals surface area contributed by atoms with Crippen LogP contribution in [0.4, 0.5) is 4.39 Å². The molecule has 0 aliphatic carbocycles. The van der Waals surface area contributed by atoms with Crippen molar-refractivity contribution in [2.45, 2.75) is 38.5 Å². The Hall–Kier alpha value is -0.890. The van der Waals surface area contributed by atoms with Crippen LogP contribution in [-0.2, 0) is 0 Å². The molecular formula is C14H20FN. The Morgan fingerprint density at radius 2 is 1.88 bits per heavy atom. The molecule has 1 N–H and O–H groups in total. The van der Waals surface area contributed by atoms with Crippen molar-refractivity contribution in [2.24, 2.45) is 0 Å². The largest absolute Gasteiger partial charge is 0.317 e. The molecule has 1 fully saturated rings. The van der Waals surface area contributed by atoms with Gasteiger partial charge in [0.15, 0.2) is 0 Å². The van der Waals surface area contributed by atoms with Gasteiger partial charge in [0.2, 0.25) is 0 Å². The minimum Gasteiger partial charge on any atom is -0.317 e. The fraction of sp³-hybridized carbons (Fsp3) is 0.571. The van der Waals surface area contributed by atoms with Gasteiger partial charge in [0, 0.05) is 0 Å². The molecule has 0 aromatic heterocycles.